The molecule has 3 N–H and O–H groups in total. The summed E-state index contributed by atoms with van der Waals surface area (Å²) in [6.07, 6.45) is -3.63. The SMILES string of the molecule is COc1ccc(C#N)cc1C(O)C(O)C(=O)O. The molecule has 0 bridgehead atoms. The Morgan fingerprint density at radius 2 is 2.12 bits per heavy atom. The minimum Gasteiger partial charge on any atom is -0.496 e. The fraction of sp³-hybridized carbons (Fsp3) is 0.273. The van der Waals surface area contributed by atoms with Crippen LogP contribution in [0.3, 0.4) is 0 Å². The zero-order valence-electron chi connectivity index (χ0n) is 8.99. The molecule has 0 fully saturated rings. The number of hydrogen-bond donors (Lipinski definition) is 3. The Kier molecular flexibility index (Phi) is 4.04. The van der Waals surface area contributed by atoms with Gasteiger partial charge in [0.25, 0.3) is 0 Å². The third-order valence-electron chi connectivity index (χ3n) is 2.23. The van der Waals surface area contributed by atoms with Crippen molar-refractivity contribution in [2.75, 3.05) is 7.11 Å². The first-order valence-corrected chi connectivity index (χ1v) is 4.68. The van der Waals surface area contributed by atoms with E-state index in [1.807, 2.05) is 6.07 Å². The molecular weight excluding hydrogens is 226 g/mol. The van der Waals surface area contributed by atoms with Crippen LogP contribution in [0.1, 0.15) is 17.2 Å². The summed E-state index contributed by atoms with van der Waals surface area (Å²) in [5.74, 6) is -1.35. The van der Waals surface area contributed by atoms with Gasteiger partial charge in [-0.25, -0.2) is 4.79 Å². The van der Waals surface area contributed by atoms with Crippen LogP contribution in [0.25, 0.3) is 0 Å². The van der Waals surface area contributed by atoms with Crippen LogP contribution in [0.15, 0.2) is 18.2 Å². The molecule has 6 nitrogen and oxygen atoms in total. The molecule has 0 saturated heterocycles. The van der Waals surface area contributed by atoms with Gasteiger partial charge >= 0.3 is 5.97 Å². The average Bonchev–Trinajstić information content (AvgIpc) is 2.35. The fourth-order valence-corrected chi connectivity index (χ4v) is 1.34. The summed E-state index contributed by atoms with van der Waals surface area (Å²) in [5, 5.41) is 36.2. The van der Waals surface area contributed by atoms with Gasteiger partial charge in [0.15, 0.2) is 6.10 Å². The average molecular weight is 237 g/mol. The van der Waals surface area contributed by atoms with Crippen LogP contribution < -0.4 is 4.74 Å². The van der Waals surface area contributed by atoms with Crippen LogP contribution in [0, 0.1) is 11.3 Å². The Bertz CT molecular complexity index is 465. The van der Waals surface area contributed by atoms with E-state index in [0.29, 0.717) is 0 Å². The molecule has 0 aromatic heterocycles. The number of carbonyl (C=O) groups is 1. The molecule has 1 rings (SSSR count). The quantitative estimate of drug-likeness (QED) is 0.682. The number of rotatable bonds is 4. The van der Waals surface area contributed by atoms with Crippen molar-refractivity contribution >= 4 is 5.97 Å². The second kappa shape index (κ2) is 5.30. The van der Waals surface area contributed by atoms with Gasteiger partial charge in [0.1, 0.15) is 11.9 Å². The van der Waals surface area contributed by atoms with Crippen molar-refractivity contribution in [3.63, 3.8) is 0 Å². The maximum atomic E-state index is 10.6. The Balaban J connectivity index is 3.19. The lowest BCUT2D eigenvalue weighted by molar-refractivity contribution is -0.153. The summed E-state index contributed by atoms with van der Waals surface area (Å²) in [4.78, 5) is 10.6. The van der Waals surface area contributed by atoms with E-state index in [4.69, 9.17) is 15.1 Å². The molecular formula is C11H11NO5. The van der Waals surface area contributed by atoms with Crippen molar-refractivity contribution < 1.29 is 24.9 Å². The van der Waals surface area contributed by atoms with Crippen LogP contribution in [-0.4, -0.2) is 34.5 Å². The standard InChI is InChI=1S/C11H11NO5/c1-17-8-3-2-6(5-12)4-7(8)9(13)10(14)11(15)16/h2-4,9-10,13-14H,1H3,(H,15,16). The van der Waals surface area contributed by atoms with Gasteiger partial charge in [-0.15, -0.1) is 0 Å². The number of ether oxygens (including phenoxy) is 1. The maximum Gasteiger partial charge on any atom is 0.335 e. The second-order valence-electron chi connectivity index (χ2n) is 3.30. The molecule has 6 heteroatoms. The van der Waals surface area contributed by atoms with E-state index < -0.39 is 18.2 Å². The highest BCUT2D eigenvalue weighted by molar-refractivity contribution is 5.73. The smallest absolute Gasteiger partial charge is 0.335 e. The van der Waals surface area contributed by atoms with Crippen molar-refractivity contribution in [1.29, 1.82) is 5.26 Å². The van der Waals surface area contributed by atoms with Gasteiger partial charge in [-0.2, -0.15) is 5.26 Å². The van der Waals surface area contributed by atoms with E-state index in [1.165, 1.54) is 25.3 Å². The number of aliphatic hydroxyl groups is 2. The van der Waals surface area contributed by atoms with E-state index in [1.54, 1.807) is 0 Å². The molecule has 0 amide bonds. The van der Waals surface area contributed by atoms with Crippen molar-refractivity contribution in [2.45, 2.75) is 12.2 Å². The van der Waals surface area contributed by atoms with Crippen LogP contribution >= 0.6 is 0 Å². The van der Waals surface area contributed by atoms with E-state index in [-0.39, 0.29) is 16.9 Å². The van der Waals surface area contributed by atoms with Crippen LogP contribution in [0.4, 0.5) is 0 Å². The van der Waals surface area contributed by atoms with Gasteiger partial charge in [-0.05, 0) is 18.2 Å². The third-order valence-corrected chi connectivity index (χ3v) is 2.23. The van der Waals surface area contributed by atoms with Gasteiger partial charge in [0.2, 0.25) is 0 Å². The largest absolute Gasteiger partial charge is 0.496 e. The van der Waals surface area contributed by atoms with Crippen molar-refractivity contribution in [3.8, 4) is 11.8 Å². The van der Waals surface area contributed by atoms with Gasteiger partial charge < -0.3 is 20.1 Å². The van der Waals surface area contributed by atoms with Crippen LogP contribution in [0.5, 0.6) is 5.75 Å². The van der Waals surface area contributed by atoms with Crippen molar-refractivity contribution in [2.24, 2.45) is 0 Å². The Morgan fingerprint density at radius 3 is 2.59 bits per heavy atom. The summed E-state index contributed by atoms with van der Waals surface area (Å²) in [5.41, 5.74) is 0.291. The van der Waals surface area contributed by atoms with Gasteiger partial charge in [-0.3, -0.25) is 0 Å². The monoisotopic (exact) mass is 237 g/mol. The van der Waals surface area contributed by atoms with Crippen molar-refractivity contribution in [1.82, 2.24) is 0 Å². The van der Waals surface area contributed by atoms with Crippen LogP contribution in [0.2, 0.25) is 0 Å². The highest BCUT2D eigenvalue weighted by Gasteiger charge is 2.27. The summed E-state index contributed by atoms with van der Waals surface area (Å²) in [6, 6.07) is 6.00. The van der Waals surface area contributed by atoms with Crippen molar-refractivity contribution in [3.05, 3.63) is 29.3 Å². The Morgan fingerprint density at radius 1 is 1.47 bits per heavy atom. The molecule has 0 spiro atoms. The first-order valence-electron chi connectivity index (χ1n) is 4.68. The molecule has 0 aliphatic carbocycles. The number of aliphatic carboxylic acids is 1. The number of aliphatic hydroxyl groups excluding tert-OH is 2. The fourth-order valence-electron chi connectivity index (χ4n) is 1.34. The second-order valence-corrected chi connectivity index (χ2v) is 3.30. The van der Waals surface area contributed by atoms with Gasteiger partial charge in [-0.1, -0.05) is 0 Å². The van der Waals surface area contributed by atoms with E-state index in [9.17, 15) is 15.0 Å². The number of carboxylic acids is 1. The number of hydrogen-bond acceptors (Lipinski definition) is 5. The van der Waals surface area contributed by atoms with Crippen LogP contribution in [-0.2, 0) is 4.79 Å². The number of carboxylic acid groups (broad SMARTS) is 1. The molecule has 1 aromatic carbocycles. The molecule has 90 valence electrons. The number of benzene rings is 1. The van der Waals surface area contributed by atoms with Gasteiger partial charge in [0.05, 0.1) is 18.7 Å². The van der Waals surface area contributed by atoms with Gasteiger partial charge in [0, 0.05) is 5.56 Å². The number of nitriles is 1. The van der Waals surface area contributed by atoms with E-state index in [2.05, 4.69) is 0 Å². The van der Waals surface area contributed by atoms with E-state index >= 15 is 0 Å². The summed E-state index contributed by atoms with van der Waals surface area (Å²) < 4.78 is 4.92. The molecule has 0 aliphatic rings. The molecule has 1 aromatic rings. The summed E-state index contributed by atoms with van der Waals surface area (Å²) in [6.45, 7) is 0. The molecule has 2 unspecified atom stereocenters. The topological polar surface area (TPSA) is 111 Å². The predicted molar refractivity (Wildman–Crippen MR) is 56.3 cm³/mol. The lowest BCUT2D eigenvalue weighted by Gasteiger charge is -2.17. The number of nitrogens with zero attached hydrogens (tertiary/aromatic N) is 1. The summed E-state index contributed by atoms with van der Waals surface area (Å²) in [7, 11) is 1.34. The lowest BCUT2D eigenvalue weighted by Crippen LogP contribution is -2.27. The zero-order valence-corrected chi connectivity index (χ0v) is 8.99. The minimum atomic E-state index is -1.97. The minimum absolute atomic E-state index is 0.0569. The molecule has 0 aliphatic heterocycles. The predicted octanol–water partition coefficient (Wildman–Crippen LogP) is 0.0458. The zero-order chi connectivity index (χ0) is 13.0. The Labute approximate surface area is 97.3 Å². The normalized spacial score (nSPS) is 13.5. The maximum absolute atomic E-state index is 10.6. The number of methoxy groups -OCH3 is 1. The van der Waals surface area contributed by atoms with E-state index in [0.717, 1.165) is 0 Å². The molecule has 2 atom stereocenters. The summed E-state index contributed by atoms with van der Waals surface area (Å²) >= 11 is 0. The molecule has 0 saturated carbocycles. The Hall–Kier alpha value is -2.10. The highest BCUT2D eigenvalue weighted by atomic mass is 16.5. The molecule has 17 heavy (non-hydrogen) atoms. The first-order chi connectivity index (χ1) is 8.01. The molecule has 0 heterocycles. The lowest BCUT2D eigenvalue weighted by atomic mass is 10.0. The highest BCUT2D eigenvalue weighted by Crippen LogP contribution is 2.28. The molecule has 0 radical (unpaired) electrons. The first kappa shape index (κ1) is 13.0. The third kappa shape index (κ3) is 2.72.